The van der Waals surface area contributed by atoms with E-state index in [0.29, 0.717) is 0 Å². The van der Waals surface area contributed by atoms with Crippen LogP contribution in [0.5, 0.6) is 0 Å². The average molecular weight is 282 g/mol. The normalized spacial score (nSPS) is 10.4. The topological polar surface area (TPSA) is 15.3 Å². The van der Waals surface area contributed by atoms with Crippen LogP contribution in [0, 0.1) is 0 Å². The third kappa shape index (κ3) is 4.82. The van der Waals surface area contributed by atoms with E-state index in [1.807, 2.05) is 18.2 Å². The van der Waals surface area contributed by atoms with Gasteiger partial charge in [0.25, 0.3) is 0 Å². The van der Waals surface area contributed by atoms with Crippen LogP contribution >= 0.6 is 0 Å². The Bertz CT molecular complexity index is 505. The average Bonchev–Trinajstić information content (AvgIpc) is 2.54. The molecule has 0 bridgehead atoms. The molecule has 2 aromatic rings. The summed E-state index contributed by atoms with van der Waals surface area (Å²) in [5.41, 5.74) is 3.57. The molecule has 112 valence electrons. The lowest BCUT2D eigenvalue weighted by Gasteiger charge is -2.23. The van der Waals surface area contributed by atoms with E-state index < -0.39 is 0 Å². The van der Waals surface area contributed by atoms with Crippen LogP contribution in [-0.2, 0) is 0 Å². The van der Waals surface area contributed by atoms with E-state index >= 15 is 0 Å². The predicted molar refractivity (Wildman–Crippen MR) is 93.6 cm³/mol. The first kappa shape index (κ1) is 15.4. The standard InChI is InChI=1S/C19H26N2/c1-3-5-9-16-21(4-2)19-14-12-18(13-15-19)20-17-10-7-6-8-11-17/h6-8,10-15,20H,3-5,9,16H2,1-2H3. The molecule has 0 saturated heterocycles. The number of rotatable bonds is 8. The van der Waals surface area contributed by atoms with E-state index in [2.05, 4.69) is 60.5 Å². The second kappa shape index (κ2) is 8.35. The first-order valence-electron chi connectivity index (χ1n) is 8.00. The quantitative estimate of drug-likeness (QED) is 0.648. The van der Waals surface area contributed by atoms with Gasteiger partial charge in [0.1, 0.15) is 0 Å². The maximum absolute atomic E-state index is 3.42. The van der Waals surface area contributed by atoms with Crippen LogP contribution < -0.4 is 10.2 Å². The van der Waals surface area contributed by atoms with Gasteiger partial charge in [0, 0.05) is 30.2 Å². The summed E-state index contributed by atoms with van der Waals surface area (Å²) < 4.78 is 0. The summed E-state index contributed by atoms with van der Waals surface area (Å²) in [6.07, 6.45) is 3.86. The van der Waals surface area contributed by atoms with E-state index in [9.17, 15) is 0 Å². The number of hydrogen-bond donors (Lipinski definition) is 1. The minimum atomic E-state index is 1.06. The second-order valence-electron chi connectivity index (χ2n) is 5.32. The first-order chi connectivity index (χ1) is 10.3. The van der Waals surface area contributed by atoms with Crippen LogP contribution in [0.25, 0.3) is 0 Å². The third-order valence-corrected chi connectivity index (χ3v) is 3.71. The molecule has 0 saturated carbocycles. The Morgan fingerprint density at radius 1 is 0.810 bits per heavy atom. The Morgan fingerprint density at radius 3 is 2.10 bits per heavy atom. The molecule has 0 aliphatic rings. The highest BCUT2D eigenvalue weighted by Crippen LogP contribution is 2.21. The second-order valence-corrected chi connectivity index (χ2v) is 5.32. The van der Waals surface area contributed by atoms with E-state index in [0.717, 1.165) is 24.5 Å². The minimum Gasteiger partial charge on any atom is -0.372 e. The summed E-state index contributed by atoms with van der Waals surface area (Å²) >= 11 is 0. The van der Waals surface area contributed by atoms with Gasteiger partial charge in [-0.25, -0.2) is 0 Å². The van der Waals surface area contributed by atoms with Gasteiger partial charge in [-0.05, 0) is 49.7 Å². The largest absolute Gasteiger partial charge is 0.372 e. The first-order valence-corrected chi connectivity index (χ1v) is 8.00. The maximum Gasteiger partial charge on any atom is 0.0385 e. The fourth-order valence-corrected chi connectivity index (χ4v) is 2.47. The van der Waals surface area contributed by atoms with E-state index in [1.165, 1.54) is 24.9 Å². The van der Waals surface area contributed by atoms with Gasteiger partial charge in [-0.3, -0.25) is 0 Å². The number of anilines is 3. The van der Waals surface area contributed by atoms with Crippen molar-refractivity contribution in [3.05, 3.63) is 54.6 Å². The van der Waals surface area contributed by atoms with Crippen LogP contribution in [0.1, 0.15) is 33.1 Å². The highest BCUT2D eigenvalue weighted by atomic mass is 15.1. The SMILES string of the molecule is CCCCCN(CC)c1ccc(Nc2ccccc2)cc1. The summed E-state index contributed by atoms with van der Waals surface area (Å²) in [5.74, 6) is 0. The molecule has 0 spiro atoms. The van der Waals surface area contributed by atoms with E-state index in [1.54, 1.807) is 0 Å². The van der Waals surface area contributed by atoms with Crippen LogP contribution in [0.15, 0.2) is 54.6 Å². The summed E-state index contributed by atoms with van der Waals surface area (Å²) in [7, 11) is 0. The van der Waals surface area contributed by atoms with Gasteiger partial charge < -0.3 is 10.2 Å². The summed E-state index contributed by atoms with van der Waals surface area (Å²) in [6.45, 7) is 6.69. The van der Waals surface area contributed by atoms with Crippen molar-refractivity contribution in [2.45, 2.75) is 33.1 Å². The molecule has 0 unspecified atom stereocenters. The lowest BCUT2D eigenvalue weighted by Crippen LogP contribution is -2.23. The van der Waals surface area contributed by atoms with Crippen LogP contribution in [0.2, 0.25) is 0 Å². The van der Waals surface area contributed by atoms with Gasteiger partial charge in [0.15, 0.2) is 0 Å². The van der Waals surface area contributed by atoms with Gasteiger partial charge in [0.05, 0.1) is 0 Å². The molecule has 2 rings (SSSR count). The lowest BCUT2D eigenvalue weighted by molar-refractivity contribution is 0.685. The molecular formula is C19H26N2. The Hall–Kier alpha value is -1.96. The van der Waals surface area contributed by atoms with E-state index in [-0.39, 0.29) is 0 Å². The smallest absolute Gasteiger partial charge is 0.0385 e. The number of nitrogens with one attached hydrogen (secondary N) is 1. The van der Waals surface area contributed by atoms with Gasteiger partial charge >= 0.3 is 0 Å². The monoisotopic (exact) mass is 282 g/mol. The molecular weight excluding hydrogens is 256 g/mol. The highest BCUT2D eigenvalue weighted by molar-refractivity contribution is 5.62. The molecule has 0 fully saturated rings. The van der Waals surface area contributed by atoms with Crippen molar-refractivity contribution in [3.63, 3.8) is 0 Å². The summed E-state index contributed by atoms with van der Waals surface area (Å²) in [4.78, 5) is 2.45. The molecule has 2 nitrogen and oxygen atoms in total. The highest BCUT2D eigenvalue weighted by Gasteiger charge is 2.03. The number of para-hydroxylation sites is 1. The molecule has 1 N–H and O–H groups in total. The molecule has 0 radical (unpaired) electrons. The van der Waals surface area contributed by atoms with Crippen molar-refractivity contribution in [2.75, 3.05) is 23.3 Å². The van der Waals surface area contributed by atoms with Gasteiger partial charge in [-0.1, -0.05) is 38.0 Å². The molecule has 21 heavy (non-hydrogen) atoms. The summed E-state index contributed by atoms with van der Waals surface area (Å²) in [5, 5.41) is 3.42. The molecule has 0 aromatic heterocycles. The Labute approximate surface area is 128 Å². The zero-order valence-corrected chi connectivity index (χ0v) is 13.2. The van der Waals surface area contributed by atoms with Crippen LogP contribution in [0.4, 0.5) is 17.1 Å². The van der Waals surface area contributed by atoms with Crippen molar-refractivity contribution in [3.8, 4) is 0 Å². The molecule has 2 aromatic carbocycles. The van der Waals surface area contributed by atoms with Crippen LogP contribution in [0.3, 0.4) is 0 Å². The zero-order valence-electron chi connectivity index (χ0n) is 13.2. The zero-order chi connectivity index (χ0) is 14.9. The molecule has 0 aliphatic heterocycles. The van der Waals surface area contributed by atoms with Crippen molar-refractivity contribution >= 4 is 17.1 Å². The molecule has 0 heterocycles. The van der Waals surface area contributed by atoms with Gasteiger partial charge in [0.2, 0.25) is 0 Å². The fourth-order valence-electron chi connectivity index (χ4n) is 2.47. The number of unbranched alkanes of at least 4 members (excludes halogenated alkanes) is 2. The van der Waals surface area contributed by atoms with E-state index in [4.69, 9.17) is 0 Å². The third-order valence-electron chi connectivity index (χ3n) is 3.71. The van der Waals surface area contributed by atoms with Crippen molar-refractivity contribution in [1.29, 1.82) is 0 Å². The Morgan fingerprint density at radius 2 is 1.48 bits per heavy atom. The molecule has 0 aliphatic carbocycles. The number of nitrogens with zero attached hydrogens (tertiary/aromatic N) is 1. The van der Waals surface area contributed by atoms with Crippen molar-refractivity contribution < 1.29 is 0 Å². The number of benzene rings is 2. The number of hydrogen-bond acceptors (Lipinski definition) is 2. The Balaban J connectivity index is 1.97. The fraction of sp³-hybridized carbons (Fsp3) is 0.368. The van der Waals surface area contributed by atoms with Gasteiger partial charge in [-0.2, -0.15) is 0 Å². The summed E-state index contributed by atoms with van der Waals surface area (Å²) in [6, 6.07) is 19.0. The van der Waals surface area contributed by atoms with Crippen molar-refractivity contribution in [1.82, 2.24) is 0 Å². The molecule has 0 amide bonds. The van der Waals surface area contributed by atoms with Gasteiger partial charge in [-0.15, -0.1) is 0 Å². The van der Waals surface area contributed by atoms with Crippen molar-refractivity contribution in [2.24, 2.45) is 0 Å². The minimum absolute atomic E-state index is 1.06. The molecule has 0 atom stereocenters. The Kier molecular flexibility index (Phi) is 6.14. The lowest BCUT2D eigenvalue weighted by atomic mass is 10.2. The maximum atomic E-state index is 3.42. The van der Waals surface area contributed by atoms with Crippen LogP contribution in [-0.4, -0.2) is 13.1 Å². The molecule has 2 heteroatoms. The predicted octanol–water partition coefficient (Wildman–Crippen LogP) is 5.45.